The highest BCUT2D eigenvalue weighted by Crippen LogP contribution is 1.82. The summed E-state index contributed by atoms with van der Waals surface area (Å²) in [5, 5.41) is 7.91. The second-order valence-corrected chi connectivity index (χ2v) is 2.03. The van der Waals surface area contributed by atoms with E-state index in [9.17, 15) is 4.79 Å². The lowest BCUT2D eigenvalue weighted by Crippen LogP contribution is -1.90. The molecule has 0 aromatic carbocycles. The van der Waals surface area contributed by atoms with Crippen LogP contribution in [-0.2, 0) is 4.79 Å². The highest BCUT2D eigenvalue weighted by Gasteiger charge is 1.87. The molecule has 1 aromatic heterocycles. The first kappa shape index (κ1) is 9.75. The predicted octanol–water partition coefficient (Wildman–Crippen LogP) is 1.89. The van der Waals surface area contributed by atoms with Crippen molar-refractivity contribution in [3.8, 4) is 0 Å². The van der Waals surface area contributed by atoms with E-state index in [1.165, 1.54) is 0 Å². The Morgan fingerprint density at radius 3 is 2.09 bits per heavy atom. The smallest absolute Gasteiger partial charge is 0.303 e. The van der Waals surface area contributed by atoms with Gasteiger partial charge in [-0.3, -0.25) is 4.79 Å². The SMILES string of the molecule is CCCC(=O)O.c1cc[nH]c1. The van der Waals surface area contributed by atoms with Gasteiger partial charge in [-0.05, 0) is 18.6 Å². The van der Waals surface area contributed by atoms with Crippen molar-refractivity contribution in [2.24, 2.45) is 0 Å². The zero-order chi connectivity index (χ0) is 8.53. The Hall–Kier alpha value is -1.25. The molecule has 2 N–H and O–H groups in total. The van der Waals surface area contributed by atoms with Crippen LogP contribution in [0.1, 0.15) is 19.8 Å². The number of carbonyl (C=O) groups is 1. The van der Waals surface area contributed by atoms with Gasteiger partial charge in [0.05, 0.1) is 0 Å². The van der Waals surface area contributed by atoms with Gasteiger partial charge in [-0.15, -0.1) is 0 Å². The van der Waals surface area contributed by atoms with Crippen LogP contribution in [-0.4, -0.2) is 16.1 Å². The lowest BCUT2D eigenvalue weighted by atomic mass is 10.4. The lowest BCUT2D eigenvalue weighted by molar-refractivity contribution is -0.137. The van der Waals surface area contributed by atoms with E-state index in [-0.39, 0.29) is 0 Å². The van der Waals surface area contributed by atoms with Crippen LogP contribution in [0.3, 0.4) is 0 Å². The molecule has 0 saturated carbocycles. The molecule has 3 nitrogen and oxygen atoms in total. The summed E-state index contributed by atoms with van der Waals surface area (Å²) < 4.78 is 0. The Balaban J connectivity index is 0.000000183. The van der Waals surface area contributed by atoms with Gasteiger partial charge in [0.2, 0.25) is 0 Å². The molecule has 1 heterocycles. The first-order valence-electron chi connectivity index (χ1n) is 3.57. The van der Waals surface area contributed by atoms with E-state index in [1.54, 1.807) is 0 Å². The number of hydrogen-bond acceptors (Lipinski definition) is 1. The summed E-state index contributed by atoms with van der Waals surface area (Å²) in [7, 11) is 0. The van der Waals surface area contributed by atoms with Crippen molar-refractivity contribution in [3.63, 3.8) is 0 Å². The van der Waals surface area contributed by atoms with Crippen LogP contribution in [0.4, 0.5) is 0 Å². The number of carboxylic acids is 1. The molecule has 0 aliphatic rings. The minimum Gasteiger partial charge on any atom is -0.481 e. The van der Waals surface area contributed by atoms with E-state index >= 15 is 0 Å². The van der Waals surface area contributed by atoms with Gasteiger partial charge in [0, 0.05) is 18.8 Å². The highest BCUT2D eigenvalue weighted by atomic mass is 16.4. The minimum absolute atomic E-state index is 0.292. The third kappa shape index (κ3) is 8.75. The van der Waals surface area contributed by atoms with Gasteiger partial charge >= 0.3 is 5.97 Å². The fraction of sp³-hybridized carbons (Fsp3) is 0.375. The molecule has 0 fully saturated rings. The maximum absolute atomic E-state index is 9.60. The summed E-state index contributed by atoms with van der Waals surface area (Å²) in [6.07, 6.45) is 4.77. The largest absolute Gasteiger partial charge is 0.481 e. The van der Waals surface area contributed by atoms with Crippen LogP contribution in [0, 0.1) is 0 Å². The van der Waals surface area contributed by atoms with Gasteiger partial charge in [-0.25, -0.2) is 0 Å². The van der Waals surface area contributed by atoms with Crippen LogP contribution in [0.25, 0.3) is 0 Å². The van der Waals surface area contributed by atoms with Crippen LogP contribution in [0.2, 0.25) is 0 Å². The highest BCUT2D eigenvalue weighted by molar-refractivity contribution is 5.66. The third-order valence-electron chi connectivity index (χ3n) is 0.960. The molecule has 1 rings (SSSR count). The second-order valence-electron chi connectivity index (χ2n) is 2.03. The van der Waals surface area contributed by atoms with Crippen molar-refractivity contribution in [1.82, 2.24) is 4.98 Å². The zero-order valence-corrected chi connectivity index (χ0v) is 6.58. The van der Waals surface area contributed by atoms with Crippen LogP contribution < -0.4 is 0 Å². The molecule has 0 saturated heterocycles. The van der Waals surface area contributed by atoms with Crippen LogP contribution in [0.5, 0.6) is 0 Å². The average molecular weight is 155 g/mol. The summed E-state index contributed by atoms with van der Waals surface area (Å²) in [4.78, 5) is 12.5. The topological polar surface area (TPSA) is 53.1 Å². The van der Waals surface area contributed by atoms with Gasteiger partial charge in [0.15, 0.2) is 0 Å². The molecule has 62 valence electrons. The Morgan fingerprint density at radius 2 is 2.00 bits per heavy atom. The first-order chi connectivity index (χ1) is 5.27. The van der Waals surface area contributed by atoms with Gasteiger partial charge in [-0.1, -0.05) is 6.92 Å². The molecule has 0 aliphatic carbocycles. The Kier molecular flexibility index (Phi) is 6.08. The van der Waals surface area contributed by atoms with Crippen molar-refractivity contribution in [3.05, 3.63) is 24.5 Å². The van der Waals surface area contributed by atoms with E-state index in [0.29, 0.717) is 6.42 Å². The molecule has 0 amide bonds. The number of aromatic nitrogens is 1. The van der Waals surface area contributed by atoms with Crippen LogP contribution in [0.15, 0.2) is 24.5 Å². The molecule has 11 heavy (non-hydrogen) atoms. The molecule has 0 unspecified atom stereocenters. The van der Waals surface area contributed by atoms with Crippen LogP contribution >= 0.6 is 0 Å². The van der Waals surface area contributed by atoms with E-state index in [1.807, 2.05) is 31.5 Å². The predicted molar refractivity (Wildman–Crippen MR) is 43.3 cm³/mol. The van der Waals surface area contributed by atoms with Crippen molar-refractivity contribution in [1.29, 1.82) is 0 Å². The van der Waals surface area contributed by atoms with E-state index in [0.717, 1.165) is 6.42 Å². The molecule has 0 radical (unpaired) electrons. The first-order valence-corrected chi connectivity index (χ1v) is 3.57. The molecular weight excluding hydrogens is 142 g/mol. The number of rotatable bonds is 2. The maximum atomic E-state index is 9.60. The van der Waals surface area contributed by atoms with E-state index in [4.69, 9.17) is 5.11 Å². The molecule has 0 atom stereocenters. The number of H-pyrrole nitrogens is 1. The Morgan fingerprint density at radius 1 is 1.45 bits per heavy atom. The molecule has 0 spiro atoms. The Bertz CT molecular complexity index is 153. The minimum atomic E-state index is -0.711. The molecule has 0 aliphatic heterocycles. The van der Waals surface area contributed by atoms with Gasteiger partial charge < -0.3 is 10.1 Å². The number of aliphatic carboxylic acids is 1. The van der Waals surface area contributed by atoms with Crippen molar-refractivity contribution < 1.29 is 9.90 Å². The van der Waals surface area contributed by atoms with Crippen molar-refractivity contribution in [2.75, 3.05) is 0 Å². The molecule has 1 aromatic rings. The Labute approximate surface area is 66.1 Å². The maximum Gasteiger partial charge on any atom is 0.303 e. The van der Waals surface area contributed by atoms with E-state index in [2.05, 4.69) is 4.98 Å². The molecule has 3 heteroatoms. The summed E-state index contributed by atoms with van der Waals surface area (Å²) in [5.74, 6) is -0.711. The zero-order valence-electron chi connectivity index (χ0n) is 6.58. The van der Waals surface area contributed by atoms with E-state index < -0.39 is 5.97 Å². The second kappa shape index (κ2) is 6.86. The van der Waals surface area contributed by atoms with Gasteiger partial charge in [0.1, 0.15) is 0 Å². The summed E-state index contributed by atoms with van der Waals surface area (Å²) in [5.41, 5.74) is 0. The summed E-state index contributed by atoms with van der Waals surface area (Å²) in [6.45, 7) is 1.84. The number of hydrogen-bond donors (Lipinski definition) is 2. The number of aromatic amines is 1. The van der Waals surface area contributed by atoms with Crippen molar-refractivity contribution in [2.45, 2.75) is 19.8 Å². The normalized spacial score (nSPS) is 8.09. The lowest BCUT2D eigenvalue weighted by Gasteiger charge is -1.79. The molecule has 0 bridgehead atoms. The summed E-state index contributed by atoms with van der Waals surface area (Å²) >= 11 is 0. The standard InChI is InChI=1S/C4H5N.C4H8O2/c1-2-4-5-3-1;1-2-3-4(5)6/h1-5H;2-3H2,1H3,(H,5,6). The molecular formula is C8H13NO2. The fourth-order valence-electron chi connectivity index (χ4n) is 0.492. The fourth-order valence-corrected chi connectivity index (χ4v) is 0.492. The monoisotopic (exact) mass is 155 g/mol. The van der Waals surface area contributed by atoms with Gasteiger partial charge in [0.25, 0.3) is 0 Å². The quantitative estimate of drug-likeness (QED) is 0.685. The number of nitrogens with one attached hydrogen (secondary N) is 1. The number of carboxylic acid groups (broad SMARTS) is 1. The van der Waals surface area contributed by atoms with Gasteiger partial charge in [-0.2, -0.15) is 0 Å². The van der Waals surface area contributed by atoms with Crippen molar-refractivity contribution >= 4 is 5.97 Å². The average Bonchev–Trinajstić information content (AvgIpc) is 2.41. The summed E-state index contributed by atoms with van der Waals surface area (Å²) in [6, 6.07) is 3.89. The third-order valence-corrected chi connectivity index (χ3v) is 0.960.